The van der Waals surface area contributed by atoms with E-state index in [1.807, 2.05) is 0 Å². The van der Waals surface area contributed by atoms with Gasteiger partial charge in [-0.3, -0.25) is 9.78 Å². The van der Waals surface area contributed by atoms with Crippen LogP contribution in [0.4, 0.5) is 0 Å². The number of pyridine rings is 1. The fourth-order valence-corrected chi connectivity index (χ4v) is 2.07. The first-order valence-corrected chi connectivity index (χ1v) is 7.53. The summed E-state index contributed by atoms with van der Waals surface area (Å²) in [6.07, 6.45) is 13.6. The zero-order valence-electron chi connectivity index (χ0n) is 12.0. The molecule has 106 valence electrons. The van der Waals surface area contributed by atoms with Crippen molar-refractivity contribution in [1.82, 2.24) is 10.3 Å². The van der Waals surface area contributed by atoms with Crippen molar-refractivity contribution in [2.75, 3.05) is 6.54 Å². The number of carbonyl (C=O) groups is 1. The summed E-state index contributed by atoms with van der Waals surface area (Å²) in [5, 5.41) is 2.94. The van der Waals surface area contributed by atoms with Crippen LogP contribution in [0.25, 0.3) is 0 Å². The van der Waals surface area contributed by atoms with Crippen LogP contribution in [-0.2, 0) is 0 Å². The molecule has 0 aliphatic carbocycles. The smallest absolute Gasteiger partial charge is 0.251 e. The van der Waals surface area contributed by atoms with E-state index >= 15 is 0 Å². The Balaban J connectivity index is 1.95. The molecule has 0 unspecified atom stereocenters. The van der Waals surface area contributed by atoms with Crippen molar-refractivity contribution in [1.29, 1.82) is 0 Å². The third-order valence-electron chi connectivity index (χ3n) is 3.26. The first kappa shape index (κ1) is 15.7. The lowest BCUT2D eigenvalue weighted by Gasteiger charge is -2.05. The molecule has 0 fully saturated rings. The minimum atomic E-state index is 0.00495. The molecular weight excluding hydrogens is 236 g/mol. The highest BCUT2D eigenvalue weighted by Gasteiger charge is 2.02. The quantitative estimate of drug-likeness (QED) is 0.649. The van der Waals surface area contributed by atoms with E-state index in [0.717, 1.165) is 13.0 Å². The number of unbranched alkanes of at least 4 members (excludes halogenated alkanes) is 7. The minimum Gasteiger partial charge on any atom is -0.352 e. The second kappa shape index (κ2) is 10.5. The first-order chi connectivity index (χ1) is 9.34. The Bertz CT molecular complexity index is 338. The summed E-state index contributed by atoms with van der Waals surface area (Å²) in [7, 11) is 0. The number of carbonyl (C=O) groups excluding carboxylic acids is 1. The molecule has 1 rings (SSSR count). The predicted octanol–water partition coefficient (Wildman–Crippen LogP) is 3.95. The second-order valence-corrected chi connectivity index (χ2v) is 4.97. The molecule has 1 amide bonds. The molecular formula is C16H26N2O. The Hall–Kier alpha value is -1.38. The molecule has 0 saturated carbocycles. The van der Waals surface area contributed by atoms with Crippen LogP contribution in [0.2, 0.25) is 0 Å². The lowest BCUT2D eigenvalue weighted by atomic mass is 10.1. The summed E-state index contributed by atoms with van der Waals surface area (Å²) >= 11 is 0. The fraction of sp³-hybridized carbons (Fsp3) is 0.625. The third kappa shape index (κ3) is 7.60. The van der Waals surface area contributed by atoms with Crippen LogP contribution in [-0.4, -0.2) is 17.4 Å². The molecule has 3 nitrogen and oxygen atoms in total. The van der Waals surface area contributed by atoms with E-state index in [0.29, 0.717) is 5.56 Å². The zero-order chi connectivity index (χ0) is 13.8. The molecule has 0 saturated heterocycles. The van der Waals surface area contributed by atoms with Crippen LogP contribution >= 0.6 is 0 Å². The van der Waals surface area contributed by atoms with Gasteiger partial charge in [0.2, 0.25) is 0 Å². The summed E-state index contributed by atoms with van der Waals surface area (Å²) in [5.41, 5.74) is 0.689. The summed E-state index contributed by atoms with van der Waals surface area (Å²) in [4.78, 5) is 15.6. The Labute approximate surface area is 116 Å². The van der Waals surface area contributed by atoms with Crippen molar-refractivity contribution in [2.24, 2.45) is 0 Å². The van der Waals surface area contributed by atoms with E-state index in [9.17, 15) is 4.79 Å². The van der Waals surface area contributed by atoms with E-state index in [-0.39, 0.29) is 5.91 Å². The number of nitrogens with one attached hydrogen (secondary N) is 1. The molecule has 1 heterocycles. The number of rotatable bonds is 10. The lowest BCUT2D eigenvalue weighted by molar-refractivity contribution is 0.0953. The Morgan fingerprint density at radius 2 is 1.58 bits per heavy atom. The fourth-order valence-electron chi connectivity index (χ4n) is 2.07. The van der Waals surface area contributed by atoms with Gasteiger partial charge in [-0.25, -0.2) is 0 Å². The molecule has 1 N–H and O–H groups in total. The maximum absolute atomic E-state index is 11.7. The molecule has 19 heavy (non-hydrogen) atoms. The molecule has 0 aromatic carbocycles. The first-order valence-electron chi connectivity index (χ1n) is 7.53. The molecule has 3 heteroatoms. The highest BCUT2D eigenvalue weighted by atomic mass is 16.1. The van der Waals surface area contributed by atoms with Crippen molar-refractivity contribution in [3.05, 3.63) is 30.1 Å². The van der Waals surface area contributed by atoms with E-state index < -0.39 is 0 Å². The SMILES string of the molecule is CCCCCCCCCCNC(=O)c1ccncc1. The number of nitrogens with zero attached hydrogens (tertiary/aromatic N) is 1. The minimum absolute atomic E-state index is 0.00495. The van der Waals surface area contributed by atoms with Crippen molar-refractivity contribution >= 4 is 5.91 Å². The molecule has 0 aliphatic rings. The predicted molar refractivity (Wildman–Crippen MR) is 79.2 cm³/mol. The van der Waals surface area contributed by atoms with Crippen molar-refractivity contribution in [2.45, 2.75) is 58.3 Å². The molecule has 0 aliphatic heterocycles. The van der Waals surface area contributed by atoms with E-state index in [2.05, 4.69) is 17.2 Å². The lowest BCUT2D eigenvalue weighted by Crippen LogP contribution is -2.24. The summed E-state index contributed by atoms with van der Waals surface area (Å²) in [6.45, 7) is 3.02. The molecule has 0 radical (unpaired) electrons. The maximum Gasteiger partial charge on any atom is 0.251 e. The van der Waals surface area contributed by atoms with Gasteiger partial charge in [0.1, 0.15) is 0 Å². The van der Waals surface area contributed by atoms with Crippen molar-refractivity contribution in [3.8, 4) is 0 Å². The molecule has 0 spiro atoms. The van der Waals surface area contributed by atoms with Gasteiger partial charge in [-0.05, 0) is 18.6 Å². The number of hydrogen-bond acceptors (Lipinski definition) is 2. The van der Waals surface area contributed by atoms with Crippen molar-refractivity contribution < 1.29 is 4.79 Å². The van der Waals surface area contributed by atoms with Gasteiger partial charge in [0.25, 0.3) is 5.91 Å². The normalized spacial score (nSPS) is 10.4. The standard InChI is InChI=1S/C16H26N2O/c1-2-3-4-5-6-7-8-9-12-18-16(19)15-10-13-17-14-11-15/h10-11,13-14H,2-9,12H2,1H3,(H,18,19). The van der Waals surface area contributed by atoms with Crippen LogP contribution in [0.15, 0.2) is 24.5 Å². The maximum atomic E-state index is 11.7. The average molecular weight is 262 g/mol. The van der Waals surface area contributed by atoms with Gasteiger partial charge in [-0.1, -0.05) is 51.9 Å². The second-order valence-electron chi connectivity index (χ2n) is 4.97. The molecule has 1 aromatic rings. The average Bonchev–Trinajstić information content (AvgIpc) is 2.46. The van der Waals surface area contributed by atoms with Gasteiger partial charge in [0.05, 0.1) is 0 Å². The van der Waals surface area contributed by atoms with Gasteiger partial charge in [0.15, 0.2) is 0 Å². The summed E-state index contributed by atoms with van der Waals surface area (Å²) in [6, 6.07) is 3.48. The Morgan fingerprint density at radius 3 is 2.21 bits per heavy atom. The van der Waals surface area contributed by atoms with E-state index in [1.165, 1.54) is 44.9 Å². The largest absolute Gasteiger partial charge is 0.352 e. The summed E-state index contributed by atoms with van der Waals surface area (Å²) in [5.74, 6) is 0.00495. The van der Waals surface area contributed by atoms with Crippen LogP contribution in [0.3, 0.4) is 0 Å². The van der Waals surface area contributed by atoms with Gasteiger partial charge in [-0.2, -0.15) is 0 Å². The van der Waals surface area contributed by atoms with Gasteiger partial charge in [-0.15, -0.1) is 0 Å². The Kier molecular flexibility index (Phi) is 8.69. The highest BCUT2D eigenvalue weighted by Crippen LogP contribution is 2.08. The number of hydrogen-bond donors (Lipinski definition) is 1. The van der Waals surface area contributed by atoms with Gasteiger partial charge < -0.3 is 5.32 Å². The number of amides is 1. The molecule has 1 aromatic heterocycles. The molecule has 0 atom stereocenters. The third-order valence-corrected chi connectivity index (χ3v) is 3.26. The van der Waals surface area contributed by atoms with Crippen LogP contribution in [0.1, 0.15) is 68.6 Å². The zero-order valence-corrected chi connectivity index (χ0v) is 12.0. The topological polar surface area (TPSA) is 42.0 Å². The summed E-state index contributed by atoms with van der Waals surface area (Å²) < 4.78 is 0. The van der Waals surface area contributed by atoms with Gasteiger partial charge >= 0.3 is 0 Å². The Morgan fingerprint density at radius 1 is 1.00 bits per heavy atom. The molecule has 0 bridgehead atoms. The van der Waals surface area contributed by atoms with Crippen LogP contribution in [0, 0.1) is 0 Å². The number of aromatic nitrogens is 1. The van der Waals surface area contributed by atoms with E-state index in [4.69, 9.17) is 0 Å². The van der Waals surface area contributed by atoms with Crippen LogP contribution in [0.5, 0.6) is 0 Å². The van der Waals surface area contributed by atoms with E-state index in [1.54, 1.807) is 24.5 Å². The monoisotopic (exact) mass is 262 g/mol. The highest BCUT2D eigenvalue weighted by molar-refractivity contribution is 5.93. The van der Waals surface area contributed by atoms with Crippen LogP contribution < -0.4 is 5.32 Å². The van der Waals surface area contributed by atoms with Crippen molar-refractivity contribution in [3.63, 3.8) is 0 Å². The van der Waals surface area contributed by atoms with Gasteiger partial charge in [0, 0.05) is 24.5 Å².